The summed E-state index contributed by atoms with van der Waals surface area (Å²) >= 11 is 0. The predicted octanol–water partition coefficient (Wildman–Crippen LogP) is 0.631. The van der Waals surface area contributed by atoms with Crippen molar-refractivity contribution in [2.45, 2.75) is 70.2 Å². The molecule has 0 aromatic rings. The zero-order chi connectivity index (χ0) is 22.4. The first-order valence-corrected chi connectivity index (χ1v) is 9.81. The number of hydrogen-bond acceptors (Lipinski definition) is 9. The second-order valence-electron chi connectivity index (χ2n) is 8.17. The molecule has 2 heterocycles. The maximum atomic E-state index is 13.0. The van der Waals surface area contributed by atoms with Crippen LogP contribution in [0.5, 0.6) is 0 Å². The predicted molar refractivity (Wildman–Crippen MR) is 101 cm³/mol. The highest BCUT2D eigenvalue weighted by atomic mass is 16.6. The average Bonchev–Trinajstić information content (AvgIpc) is 3.39. The first-order valence-electron chi connectivity index (χ1n) is 9.81. The van der Waals surface area contributed by atoms with Crippen LogP contribution in [0.3, 0.4) is 0 Å². The standard InChI is InChI=1S/C21H26O9/c1-6-7-13(23)29-16-14-10(3)20(25)28-12(14)8-9(2)15-17(30-15)18(24)21(5,26)19(16)27-11(4)22/h6-7,9,12,14-17,19,26H,3,8H2,1-2,4-5H3. The molecule has 0 aromatic heterocycles. The molecule has 8 atom stereocenters. The van der Waals surface area contributed by atoms with Gasteiger partial charge in [-0.3, -0.25) is 9.59 Å². The van der Waals surface area contributed by atoms with E-state index in [1.165, 1.54) is 13.0 Å². The van der Waals surface area contributed by atoms with Crippen molar-refractivity contribution >= 4 is 23.7 Å². The Morgan fingerprint density at radius 1 is 1.30 bits per heavy atom. The fourth-order valence-corrected chi connectivity index (χ4v) is 4.26. The van der Waals surface area contributed by atoms with E-state index in [2.05, 4.69) is 6.58 Å². The lowest BCUT2D eigenvalue weighted by Gasteiger charge is -2.39. The first-order chi connectivity index (χ1) is 14.0. The summed E-state index contributed by atoms with van der Waals surface area (Å²) in [6.07, 6.45) is -2.20. The fourth-order valence-electron chi connectivity index (χ4n) is 4.26. The lowest BCUT2D eigenvalue weighted by Crippen LogP contribution is -2.60. The number of hydrogen-bond donors (Lipinski definition) is 1. The topological polar surface area (TPSA) is 129 Å². The number of fused-ring (bicyclic) bond motifs is 2. The highest BCUT2D eigenvalue weighted by Gasteiger charge is 2.62. The van der Waals surface area contributed by atoms with Gasteiger partial charge in [0.05, 0.1) is 12.0 Å². The molecular formula is C21H26O9. The second-order valence-corrected chi connectivity index (χ2v) is 8.17. The van der Waals surface area contributed by atoms with Gasteiger partial charge < -0.3 is 24.1 Å². The Hall–Kier alpha value is -2.52. The van der Waals surface area contributed by atoms with E-state index in [4.69, 9.17) is 18.9 Å². The fraction of sp³-hybridized carbons (Fsp3) is 0.619. The molecule has 164 valence electrons. The number of Topliss-reactive ketones (excluding diaryl/α,β-unsaturated/α-hetero) is 1. The first kappa shape index (κ1) is 22.2. The van der Waals surface area contributed by atoms with Crippen molar-refractivity contribution < 1.29 is 43.2 Å². The summed E-state index contributed by atoms with van der Waals surface area (Å²) in [6.45, 7) is 9.49. The van der Waals surface area contributed by atoms with Crippen molar-refractivity contribution in [1.29, 1.82) is 0 Å². The highest BCUT2D eigenvalue weighted by Crippen LogP contribution is 2.44. The van der Waals surface area contributed by atoms with Gasteiger partial charge in [-0.1, -0.05) is 19.6 Å². The number of carbonyl (C=O) groups is 4. The highest BCUT2D eigenvalue weighted by molar-refractivity contribution is 5.95. The third-order valence-corrected chi connectivity index (χ3v) is 5.83. The largest absolute Gasteiger partial charge is 0.458 e. The summed E-state index contributed by atoms with van der Waals surface area (Å²) in [5.74, 6) is -4.06. The van der Waals surface area contributed by atoms with Gasteiger partial charge in [0, 0.05) is 18.6 Å². The number of ketones is 1. The summed E-state index contributed by atoms with van der Waals surface area (Å²) in [6, 6.07) is 0. The summed E-state index contributed by atoms with van der Waals surface area (Å²) in [4.78, 5) is 49.5. The number of aliphatic hydroxyl groups is 1. The molecule has 3 rings (SSSR count). The minimum absolute atomic E-state index is 0.0136. The Morgan fingerprint density at radius 3 is 2.57 bits per heavy atom. The normalized spacial score (nSPS) is 41.0. The number of esters is 3. The van der Waals surface area contributed by atoms with Crippen molar-refractivity contribution in [2.24, 2.45) is 11.8 Å². The van der Waals surface area contributed by atoms with Gasteiger partial charge in [-0.2, -0.15) is 0 Å². The molecule has 3 fully saturated rings. The Morgan fingerprint density at radius 2 is 1.97 bits per heavy atom. The minimum Gasteiger partial charge on any atom is -0.458 e. The third kappa shape index (κ3) is 3.91. The Balaban J connectivity index is 2.13. The van der Waals surface area contributed by atoms with Crippen LogP contribution >= 0.6 is 0 Å². The maximum Gasteiger partial charge on any atom is 0.334 e. The van der Waals surface area contributed by atoms with E-state index in [-0.39, 0.29) is 11.5 Å². The minimum atomic E-state index is -2.25. The van der Waals surface area contributed by atoms with Crippen molar-refractivity contribution in [3.8, 4) is 0 Å². The van der Waals surface area contributed by atoms with Gasteiger partial charge in [0.15, 0.2) is 23.6 Å². The lowest BCUT2D eigenvalue weighted by atomic mass is 9.75. The van der Waals surface area contributed by atoms with Crippen LogP contribution in [0.4, 0.5) is 0 Å². The van der Waals surface area contributed by atoms with E-state index in [1.807, 2.05) is 6.92 Å². The van der Waals surface area contributed by atoms with Crippen LogP contribution in [0.25, 0.3) is 0 Å². The van der Waals surface area contributed by atoms with Crippen molar-refractivity contribution in [3.05, 3.63) is 24.3 Å². The molecule has 0 bridgehead atoms. The van der Waals surface area contributed by atoms with Gasteiger partial charge in [0.25, 0.3) is 0 Å². The number of ether oxygens (including phenoxy) is 4. The molecule has 1 saturated carbocycles. The van der Waals surface area contributed by atoms with E-state index in [9.17, 15) is 24.3 Å². The van der Waals surface area contributed by atoms with Crippen LogP contribution in [0.1, 0.15) is 34.1 Å². The SMILES string of the molecule is C=C1C(=O)OC2CC(C)C3OC3C(=O)C(C)(O)C(OC(C)=O)C(OC(=O)C=CC)C12. The number of epoxide rings is 1. The van der Waals surface area contributed by atoms with Crippen molar-refractivity contribution in [3.63, 3.8) is 0 Å². The van der Waals surface area contributed by atoms with Gasteiger partial charge in [-0.05, 0) is 26.2 Å². The van der Waals surface area contributed by atoms with E-state index in [1.54, 1.807) is 6.92 Å². The molecule has 0 amide bonds. The van der Waals surface area contributed by atoms with Gasteiger partial charge in [0.2, 0.25) is 0 Å². The Kier molecular flexibility index (Phi) is 5.88. The van der Waals surface area contributed by atoms with Gasteiger partial charge in [-0.15, -0.1) is 0 Å². The maximum absolute atomic E-state index is 13.0. The molecule has 9 nitrogen and oxygen atoms in total. The smallest absolute Gasteiger partial charge is 0.334 e. The summed E-state index contributed by atoms with van der Waals surface area (Å²) in [5, 5.41) is 11.2. The second kappa shape index (κ2) is 7.96. The van der Waals surface area contributed by atoms with Crippen molar-refractivity contribution in [2.75, 3.05) is 0 Å². The molecule has 30 heavy (non-hydrogen) atoms. The molecular weight excluding hydrogens is 396 g/mol. The zero-order valence-electron chi connectivity index (χ0n) is 17.3. The molecule has 0 radical (unpaired) electrons. The monoisotopic (exact) mass is 422 g/mol. The molecule has 2 aliphatic heterocycles. The molecule has 2 saturated heterocycles. The number of allylic oxidation sites excluding steroid dienone is 1. The molecule has 9 heteroatoms. The van der Waals surface area contributed by atoms with E-state index in [0.29, 0.717) is 6.42 Å². The Bertz CT molecular complexity index is 811. The molecule has 8 unspecified atom stereocenters. The Labute approximate surface area is 174 Å². The van der Waals surface area contributed by atoms with Gasteiger partial charge in [-0.25, -0.2) is 9.59 Å². The van der Waals surface area contributed by atoms with Gasteiger partial charge >= 0.3 is 17.9 Å². The molecule has 1 N–H and O–H groups in total. The van der Waals surface area contributed by atoms with Crippen LogP contribution in [-0.4, -0.2) is 64.9 Å². The number of rotatable bonds is 3. The summed E-state index contributed by atoms with van der Waals surface area (Å²) in [5.41, 5.74) is -2.24. The van der Waals surface area contributed by atoms with Crippen molar-refractivity contribution in [1.82, 2.24) is 0 Å². The summed E-state index contributed by atoms with van der Waals surface area (Å²) < 4.78 is 21.8. The van der Waals surface area contributed by atoms with Crippen LogP contribution in [0.2, 0.25) is 0 Å². The quantitative estimate of drug-likeness (QED) is 0.301. The lowest BCUT2D eigenvalue weighted by molar-refractivity contribution is -0.196. The molecule has 0 spiro atoms. The number of carbonyl (C=O) groups excluding carboxylic acids is 4. The van der Waals surface area contributed by atoms with Crippen LogP contribution in [0, 0.1) is 11.8 Å². The summed E-state index contributed by atoms with van der Waals surface area (Å²) in [7, 11) is 0. The molecule has 0 aromatic carbocycles. The van der Waals surface area contributed by atoms with Crippen LogP contribution in [0.15, 0.2) is 24.3 Å². The third-order valence-electron chi connectivity index (χ3n) is 5.83. The van der Waals surface area contributed by atoms with E-state index in [0.717, 1.165) is 13.0 Å². The average molecular weight is 422 g/mol. The van der Waals surface area contributed by atoms with E-state index < -0.39 is 65.7 Å². The molecule has 1 aliphatic carbocycles. The van der Waals surface area contributed by atoms with E-state index >= 15 is 0 Å². The zero-order valence-corrected chi connectivity index (χ0v) is 17.3. The molecule has 3 aliphatic rings. The van der Waals surface area contributed by atoms with Crippen LogP contribution in [-0.2, 0) is 38.1 Å². The van der Waals surface area contributed by atoms with Gasteiger partial charge in [0.1, 0.15) is 12.2 Å². The van der Waals surface area contributed by atoms with Crippen LogP contribution < -0.4 is 0 Å².